The highest BCUT2D eigenvalue weighted by molar-refractivity contribution is 6.25. The molecule has 0 unspecified atom stereocenters. The molecule has 0 bridgehead atoms. The Bertz CT molecular complexity index is 2720. The van der Waals surface area contributed by atoms with Gasteiger partial charge in [-0.05, 0) is 139 Å². The Hall–Kier alpha value is -6.50. The second kappa shape index (κ2) is 10.5. The first-order valence-corrected chi connectivity index (χ1v) is 17.4. The average Bonchev–Trinajstić information content (AvgIpc) is 3.19. The van der Waals surface area contributed by atoms with Crippen molar-refractivity contribution < 1.29 is 0 Å². The van der Waals surface area contributed by atoms with Gasteiger partial charge in [0, 0.05) is 0 Å². The summed E-state index contributed by atoms with van der Waals surface area (Å²) in [5, 5.41) is 15.9. The molecule has 0 nitrogen and oxygen atoms in total. The van der Waals surface area contributed by atoms with E-state index < -0.39 is 0 Å². The van der Waals surface area contributed by atoms with Gasteiger partial charge in [-0.2, -0.15) is 0 Å². The highest BCUT2D eigenvalue weighted by Crippen LogP contribution is 2.40. The first kappa shape index (κ1) is 27.5. The van der Waals surface area contributed by atoms with Crippen molar-refractivity contribution in [2.24, 2.45) is 0 Å². The molecule has 11 aromatic rings. The fourth-order valence-electron chi connectivity index (χ4n) is 8.43. The lowest BCUT2D eigenvalue weighted by atomic mass is 9.90. The van der Waals surface area contributed by atoms with E-state index in [0.29, 0.717) is 0 Å². The van der Waals surface area contributed by atoms with Crippen LogP contribution < -0.4 is 0 Å². The van der Waals surface area contributed by atoms with E-state index in [1.807, 2.05) is 0 Å². The summed E-state index contributed by atoms with van der Waals surface area (Å²) in [6.45, 7) is 0. The largest absolute Gasteiger partial charge is 0.0610 e. The summed E-state index contributed by atoms with van der Waals surface area (Å²) in [5.41, 5.74) is 9.86. The number of hydrogen-bond donors (Lipinski definition) is 0. The second-order valence-corrected chi connectivity index (χ2v) is 13.8. The highest BCUT2D eigenvalue weighted by atomic mass is 14.2. The molecule has 11 aromatic carbocycles. The van der Waals surface area contributed by atoms with E-state index in [1.54, 1.807) is 0 Å². The van der Waals surface area contributed by atoms with Gasteiger partial charge in [0.05, 0.1) is 0 Å². The minimum atomic E-state index is 1.22. The van der Waals surface area contributed by atoms with Crippen molar-refractivity contribution in [3.63, 3.8) is 0 Å². The normalized spacial score (nSPS) is 12.0. The molecule has 11 rings (SSSR count). The molecule has 0 spiro atoms. The van der Waals surface area contributed by atoms with E-state index >= 15 is 0 Å². The summed E-state index contributed by atoms with van der Waals surface area (Å²) in [5.74, 6) is 0. The van der Waals surface area contributed by atoms with Gasteiger partial charge in [-0.25, -0.2) is 0 Å². The van der Waals surface area contributed by atoms with Crippen molar-refractivity contribution in [2.75, 3.05) is 0 Å². The molecule has 0 saturated carbocycles. The van der Waals surface area contributed by atoms with Crippen LogP contribution in [-0.4, -0.2) is 0 Å². The standard InChI is InChI=1S/C50H30/c1-4-35-18-22-41-27-45(28-42-23-19-36(5-1)47(35)49(41)42)33-14-10-31(11-15-33)39-8-3-9-40(26-39)32-12-16-34(17-13-32)46-29-43-24-20-37-6-2-7-38-21-25-44(30-46)50(43)48(37)38/h1-30H. The molecule has 0 aliphatic rings. The molecule has 50 heavy (non-hydrogen) atoms. The van der Waals surface area contributed by atoms with Crippen LogP contribution in [0.4, 0.5) is 0 Å². The topological polar surface area (TPSA) is 0 Å². The third kappa shape index (κ3) is 4.19. The van der Waals surface area contributed by atoms with Gasteiger partial charge in [0.2, 0.25) is 0 Å². The molecule has 230 valence electrons. The Kier molecular flexibility index (Phi) is 5.76. The molecule has 0 heterocycles. The van der Waals surface area contributed by atoms with Crippen LogP contribution in [0, 0.1) is 0 Å². The zero-order valence-corrected chi connectivity index (χ0v) is 27.3. The van der Waals surface area contributed by atoms with Gasteiger partial charge in [-0.15, -0.1) is 0 Å². The summed E-state index contributed by atoms with van der Waals surface area (Å²) in [7, 11) is 0. The Balaban J connectivity index is 0.898. The van der Waals surface area contributed by atoms with Crippen LogP contribution in [0.2, 0.25) is 0 Å². The van der Waals surface area contributed by atoms with E-state index in [-0.39, 0.29) is 0 Å². The van der Waals surface area contributed by atoms with E-state index in [1.165, 1.54) is 109 Å². The third-order valence-electron chi connectivity index (χ3n) is 10.9. The van der Waals surface area contributed by atoms with Crippen molar-refractivity contribution in [3.8, 4) is 44.5 Å². The lowest BCUT2D eigenvalue weighted by molar-refractivity contribution is 1.58. The zero-order valence-electron chi connectivity index (χ0n) is 27.3. The lowest BCUT2D eigenvalue weighted by Gasteiger charge is -2.13. The van der Waals surface area contributed by atoms with Gasteiger partial charge in [-0.3, -0.25) is 0 Å². The Morgan fingerprint density at radius 3 is 0.760 bits per heavy atom. The first-order chi connectivity index (χ1) is 24.7. The van der Waals surface area contributed by atoms with E-state index in [2.05, 4.69) is 182 Å². The molecule has 0 atom stereocenters. The van der Waals surface area contributed by atoms with Gasteiger partial charge < -0.3 is 0 Å². The van der Waals surface area contributed by atoms with Crippen LogP contribution in [0.15, 0.2) is 182 Å². The number of rotatable bonds is 4. The molecule has 0 aromatic heterocycles. The molecule has 0 N–H and O–H groups in total. The molecule has 0 heteroatoms. The maximum atomic E-state index is 2.34. The van der Waals surface area contributed by atoms with E-state index in [4.69, 9.17) is 0 Å². The van der Waals surface area contributed by atoms with Gasteiger partial charge in [0.15, 0.2) is 0 Å². The molecule has 0 aliphatic heterocycles. The fraction of sp³-hybridized carbons (Fsp3) is 0. The third-order valence-corrected chi connectivity index (χ3v) is 10.9. The summed E-state index contributed by atoms with van der Waals surface area (Å²) < 4.78 is 0. The van der Waals surface area contributed by atoms with Crippen LogP contribution in [0.3, 0.4) is 0 Å². The second-order valence-electron chi connectivity index (χ2n) is 13.8. The van der Waals surface area contributed by atoms with Crippen molar-refractivity contribution in [2.45, 2.75) is 0 Å². The minimum absolute atomic E-state index is 1.22. The Morgan fingerprint density at radius 2 is 0.420 bits per heavy atom. The average molecular weight is 631 g/mol. The number of hydrogen-bond acceptors (Lipinski definition) is 0. The van der Waals surface area contributed by atoms with Gasteiger partial charge in [0.1, 0.15) is 0 Å². The monoisotopic (exact) mass is 630 g/mol. The predicted octanol–water partition coefficient (Wildman–Crippen LogP) is 14.1. The summed E-state index contributed by atoms with van der Waals surface area (Å²) >= 11 is 0. The van der Waals surface area contributed by atoms with Crippen LogP contribution >= 0.6 is 0 Å². The van der Waals surface area contributed by atoms with Gasteiger partial charge in [0.25, 0.3) is 0 Å². The maximum Gasteiger partial charge on any atom is -0.00264 e. The highest BCUT2D eigenvalue weighted by Gasteiger charge is 2.12. The molecule has 0 aliphatic carbocycles. The minimum Gasteiger partial charge on any atom is -0.0610 e. The van der Waals surface area contributed by atoms with Crippen LogP contribution in [0.1, 0.15) is 0 Å². The van der Waals surface area contributed by atoms with Crippen molar-refractivity contribution >= 4 is 64.6 Å². The quantitative estimate of drug-likeness (QED) is 0.170. The lowest BCUT2D eigenvalue weighted by Crippen LogP contribution is -1.87. The molecular formula is C50H30. The number of benzene rings is 11. The smallest absolute Gasteiger partial charge is 0.00264 e. The predicted molar refractivity (Wildman–Crippen MR) is 216 cm³/mol. The molecule has 0 radical (unpaired) electrons. The molecule has 0 amide bonds. The molecule has 0 fully saturated rings. The van der Waals surface area contributed by atoms with Crippen molar-refractivity contribution in [1.29, 1.82) is 0 Å². The van der Waals surface area contributed by atoms with Crippen molar-refractivity contribution in [1.82, 2.24) is 0 Å². The summed E-state index contributed by atoms with van der Waals surface area (Å²) in [4.78, 5) is 0. The van der Waals surface area contributed by atoms with Crippen LogP contribution in [0.5, 0.6) is 0 Å². The zero-order chi connectivity index (χ0) is 32.8. The Labute approximate surface area is 290 Å². The fourth-order valence-corrected chi connectivity index (χ4v) is 8.43. The van der Waals surface area contributed by atoms with Crippen molar-refractivity contribution in [3.05, 3.63) is 182 Å². The maximum absolute atomic E-state index is 2.34. The molecular weight excluding hydrogens is 601 g/mol. The summed E-state index contributed by atoms with van der Waals surface area (Å²) in [6.07, 6.45) is 0. The molecule has 0 saturated heterocycles. The Morgan fingerprint density at radius 1 is 0.160 bits per heavy atom. The summed E-state index contributed by atoms with van der Waals surface area (Å²) in [6, 6.07) is 67.6. The van der Waals surface area contributed by atoms with E-state index in [9.17, 15) is 0 Å². The van der Waals surface area contributed by atoms with E-state index in [0.717, 1.165) is 0 Å². The van der Waals surface area contributed by atoms with Gasteiger partial charge in [-0.1, -0.05) is 152 Å². The van der Waals surface area contributed by atoms with Gasteiger partial charge >= 0.3 is 0 Å². The van der Waals surface area contributed by atoms with Crippen LogP contribution in [-0.2, 0) is 0 Å². The van der Waals surface area contributed by atoms with Crippen LogP contribution in [0.25, 0.3) is 109 Å². The SMILES string of the molecule is c1cc(-c2ccc(-c3cc4ccc5cccc6ccc(c3)c4c56)cc2)cc(-c2ccc(-c3cc4ccc5cccc6ccc(c3)c4c56)cc2)c1. The first-order valence-electron chi connectivity index (χ1n) is 17.4.